The minimum absolute atomic E-state index is 0.00970. The maximum atomic E-state index is 13.6. The van der Waals surface area contributed by atoms with Crippen LogP contribution < -0.4 is 0 Å². The summed E-state index contributed by atoms with van der Waals surface area (Å²) in [4.78, 5) is 12.0. The first-order valence-corrected chi connectivity index (χ1v) is 12.4. The molecule has 1 aromatic heterocycles. The number of aryl methyl sites for hydroxylation is 1. The van der Waals surface area contributed by atoms with Crippen molar-refractivity contribution < 1.29 is 9.23 Å². The van der Waals surface area contributed by atoms with Crippen molar-refractivity contribution in [3.05, 3.63) is 114 Å². The number of hydrogen-bond donors (Lipinski definition) is 0. The van der Waals surface area contributed by atoms with E-state index in [0.717, 1.165) is 23.3 Å². The van der Waals surface area contributed by atoms with Crippen molar-refractivity contribution in [1.82, 2.24) is 19.8 Å². The highest BCUT2D eigenvalue weighted by Crippen LogP contribution is 2.44. The largest absolute Gasteiger partial charge is 0.293 e. The van der Waals surface area contributed by atoms with Crippen LogP contribution in [0.5, 0.6) is 0 Å². The smallest absolute Gasteiger partial charge is 0.137 e. The normalized spacial score (nSPS) is 20.6. The molecule has 1 saturated heterocycles. The van der Waals surface area contributed by atoms with E-state index in [2.05, 4.69) is 70.6 Å². The molecule has 2 unspecified atom stereocenters. The molecular formula is C27H27FN4OS. The molecule has 0 radical (unpaired) electrons. The number of hydrogen-bond acceptors (Lipinski definition) is 5. The molecule has 2 atom stereocenters. The second-order valence-corrected chi connectivity index (χ2v) is 9.80. The lowest BCUT2D eigenvalue weighted by Crippen LogP contribution is -2.43. The van der Waals surface area contributed by atoms with Crippen LogP contribution in [-0.4, -0.2) is 31.7 Å². The van der Waals surface area contributed by atoms with Crippen LogP contribution >= 0.6 is 11.8 Å². The predicted octanol–water partition coefficient (Wildman–Crippen LogP) is 5.62. The van der Waals surface area contributed by atoms with Crippen molar-refractivity contribution in [2.75, 3.05) is 5.75 Å². The molecule has 0 saturated carbocycles. The van der Waals surface area contributed by atoms with Crippen molar-refractivity contribution in [1.29, 1.82) is 0 Å². The van der Waals surface area contributed by atoms with E-state index in [1.165, 1.54) is 22.6 Å². The molecule has 34 heavy (non-hydrogen) atoms. The minimum atomic E-state index is -0.443. The summed E-state index contributed by atoms with van der Waals surface area (Å²) in [5, 5.41) is 6.47. The SMILES string of the molecule is Cc1ccc(SCC2CC(Cn3cncn3)(c3ccccc3)N(Cc3ccc(F)cc3)O2)cc1. The number of aromatic nitrogens is 3. The molecular weight excluding hydrogens is 447 g/mol. The Morgan fingerprint density at radius 2 is 1.79 bits per heavy atom. The van der Waals surface area contributed by atoms with Crippen LogP contribution in [-0.2, 0) is 23.5 Å². The number of nitrogens with zero attached hydrogens (tertiary/aromatic N) is 4. The van der Waals surface area contributed by atoms with Gasteiger partial charge in [0.05, 0.1) is 24.7 Å². The number of benzene rings is 3. The van der Waals surface area contributed by atoms with Crippen molar-refractivity contribution >= 4 is 11.8 Å². The maximum absolute atomic E-state index is 13.6. The highest BCUT2D eigenvalue weighted by atomic mass is 32.2. The van der Waals surface area contributed by atoms with Gasteiger partial charge in [0.2, 0.25) is 0 Å². The Morgan fingerprint density at radius 3 is 2.50 bits per heavy atom. The summed E-state index contributed by atoms with van der Waals surface area (Å²) >= 11 is 1.80. The van der Waals surface area contributed by atoms with Crippen LogP contribution in [0.15, 0.2) is 96.4 Å². The van der Waals surface area contributed by atoms with E-state index in [1.54, 1.807) is 24.4 Å². The highest BCUT2D eigenvalue weighted by molar-refractivity contribution is 7.99. The van der Waals surface area contributed by atoms with Crippen LogP contribution in [0, 0.1) is 12.7 Å². The Morgan fingerprint density at radius 1 is 1.03 bits per heavy atom. The zero-order valence-corrected chi connectivity index (χ0v) is 19.9. The molecule has 3 aromatic carbocycles. The van der Waals surface area contributed by atoms with Crippen LogP contribution in [0.25, 0.3) is 0 Å². The van der Waals surface area contributed by atoms with Gasteiger partial charge < -0.3 is 0 Å². The number of hydroxylamine groups is 2. The first kappa shape index (κ1) is 22.8. The van der Waals surface area contributed by atoms with E-state index in [4.69, 9.17) is 4.84 Å². The molecule has 0 spiro atoms. The first-order chi connectivity index (χ1) is 16.6. The third-order valence-electron chi connectivity index (χ3n) is 6.22. The van der Waals surface area contributed by atoms with Crippen LogP contribution in [0.1, 0.15) is 23.1 Å². The van der Waals surface area contributed by atoms with Gasteiger partial charge >= 0.3 is 0 Å². The van der Waals surface area contributed by atoms with Gasteiger partial charge in [0, 0.05) is 17.1 Å². The van der Waals surface area contributed by atoms with Crippen LogP contribution in [0.4, 0.5) is 4.39 Å². The molecule has 1 aliphatic heterocycles. The standard InChI is InChI=1S/C27H27FN4OS/c1-21-7-13-26(14-8-21)34-17-25-15-27(18-31-20-29-19-30-31,23-5-3-2-4-6-23)32(33-25)16-22-9-11-24(28)12-10-22/h2-14,19-20,25H,15-18H2,1H3. The summed E-state index contributed by atoms with van der Waals surface area (Å²) in [7, 11) is 0. The zero-order chi connectivity index (χ0) is 23.4. The molecule has 5 nitrogen and oxygen atoms in total. The summed E-state index contributed by atoms with van der Waals surface area (Å²) in [6.07, 6.45) is 4.12. The van der Waals surface area contributed by atoms with Crippen LogP contribution in [0.2, 0.25) is 0 Å². The Bertz CT molecular complexity index is 1190. The van der Waals surface area contributed by atoms with E-state index >= 15 is 0 Å². The highest BCUT2D eigenvalue weighted by Gasteiger charge is 2.49. The average Bonchev–Trinajstić information content (AvgIpc) is 3.49. The summed E-state index contributed by atoms with van der Waals surface area (Å²) in [6.45, 7) is 3.24. The van der Waals surface area contributed by atoms with Crippen molar-refractivity contribution in [2.24, 2.45) is 0 Å². The summed E-state index contributed by atoms with van der Waals surface area (Å²) in [5.41, 5.74) is 2.97. The molecule has 2 heterocycles. The van der Waals surface area contributed by atoms with Crippen LogP contribution in [0.3, 0.4) is 0 Å². The lowest BCUT2D eigenvalue weighted by atomic mass is 9.85. The van der Waals surface area contributed by atoms with Gasteiger partial charge in [-0.25, -0.2) is 9.37 Å². The van der Waals surface area contributed by atoms with Gasteiger partial charge in [-0.05, 0) is 42.3 Å². The van der Waals surface area contributed by atoms with Gasteiger partial charge in [0.1, 0.15) is 18.5 Å². The van der Waals surface area contributed by atoms with Gasteiger partial charge in [-0.15, -0.1) is 11.8 Å². The molecule has 5 rings (SSSR count). The fourth-order valence-corrected chi connectivity index (χ4v) is 5.37. The second-order valence-electron chi connectivity index (χ2n) is 8.71. The van der Waals surface area contributed by atoms with Crippen molar-refractivity contribution in [2.45, 2.75) is 43.0 Å². The van der Waals surface area contributed by atoms with E-state index in [-0.39, 0.29) is 11.9 Å². The lowest BCUT2D eigenvalue weighted by molar-refractivity contribution is -0.197. The van der Waals surface area contributed by atoms with Gasteiger partial charge in [-0.2, -0.15) is 10.2 Å². The van der Waals surface area contributed by atoms with Gasteiger partial charge in [-0.3, -0.25) is 9.52 Å². The average molecular weight is 475 g/mol. The van der Waals surface area contributed by atoms with E-state index in [1.807, 2.05) is 22.9 Å². The Labute approximate surface area is 203 Å². The molecule has 0 amide bonds. The number of halogens is 1. The molecule has 0 bridgehead atoms. The van der Waals surface area contributed by atoms with E-state index in [9.17, 15) is 4.39 Å². The number of rotatable bonds is 8. The van der Waals surface area contributed by atoms with E-state index in [0.29, 0.717) is 13.1 Å². The topological polar surface area (TPSA) is 43.2 Å². The monoisotopic (exact) mass is 474 g/mol. The molecule has 0 aliphatic carbocycles. The third kappa shape index (κ3) is 5.06. The fourth-order valence-electron chi connectivity index (χ4n) is 4.48. The molecule has 174 valence electrons. The minimum Gasteiger partial charge on any atom is -0.293 e. The fraction of sp³-hybridized carbons (Fsp3) is 0.259. The molecule has 1 fully saturated rings. The predicted molar refractivity (Wildman–Crippen MR) is 131 cm³/mol. The van der Waals surface area contributed by atoms with E-state index < -0.39 is 5.54 Å². The number of thioether (sulfide) groups is 1. The molecule has 7 heteroatoms. The Balaban J connectivity index is 1.46. The lowest BCUT2D eigenvalue weighted by Gasteiger charge is -2.36. The van der Waals surface area contributed by atoms with Gasteiger partial charge in [0.25, 0.3) is 0 Å². The van der Waals surface area contributed by atoms with Gasteiger partial charge in [-0.1, -0.05) is 60.2 Å². The third-order valence-corrected chi connectivity index (χ3v) is 7.36. The first-order valence-electron chi connectivity index (χ1n) is 11.4. The summed E-state index contributed by atoms with van der Waals surface area (Å²) < 4.78 is 15.4. The Hall–Kier alpha value is -3.00. The summed E-state index contributed by atoms with van der Waals surface area (Å²) in [6, 6.07) is 25.7. The van der Waals surface area contributed by atoms with Crippen molar-refractivity contribution in [3.8, 4) is 0 Å². The maximum Gasteiger partial charge on any atom is 0.137 e. The zero-order valence-electron chi connectivity index (χ0n) is 19.0. The molecule has 4 aromatic rings. The Kier molecular flexibility index (Phi) is 6.76. The molecule has 1 aliphatic rings. The van der Waals surface area contributed by atoms with Crippen molar-refractivity contribution in [3.63, 3.8) is 0 Å². The molecule has 0 N–H and O–H groups in total. The van der Waals surface area contributed by atoms with Gasteiger partial charge in [0.15, 0.2) is 0 Å². The second kappa shape index (κ2) is 10.1. The summed E-state index contributed by atoms with van der Waals surface area (Å²) in [5.74, 6) is 0.588. The quantitative estimate of drug-likeness (QED) is 0.310.